The van der Waals surface area contributed by atoms with Crippen LogP contribution >= 0.6 is 0 Å². The van der Waals surface area contributed by atoms with Crippen molar-refractivity contribution in [1.82, 2.24) is 25.2 Å². The largest absolute Gasteiger partial charge is 0.534 e. The average molecular weight is 431 g/mol. The Balaban J connectivity index is 1.32. The maximum atomic E-state index is 13.0. The second kappa shape index (κ2) is 8.78. The Morgan fingerprint density at radius 1 is 1.45 bits per heavy atom. The van der Waals surface area contributed by atoms with Gasteiger partial charge in [0.15, 0.2) is 5.54 Å². The lowest BCUT2D eigenvalue weighted by Crippen LogP contribution is -2.41. The Bertz CT molecular complexity index is 916. The number of carbonyl (C=O) groups is 2. The second-order valence-corrected chi connectivity index (χ2v) is 7.40. The van der Waals surface area contributed by atoms with Gasteiger partial charge in [-0.15, -0.1) is 0 Å². The molecule has 3 atom stereocenters. The third-order valence-corrected chi connectivity index (χ3v) is 5.53. The van der Waals surface area contributed by atoms with Gasteiger partial charge in [0.25, 0.3) is 5.91 Å². The third-order valence-electron chi connectivity index (χ3n) is 5.53. The van der Waals surface area contributed by atoms with Crippen molar-refractivity contribution in [3.63, 3.8) is 0 Å². The summed E-state index contributed by atoms with van der Waals surface area (Å²) in [6.45, 7) is 1.75. The van der Waals surface area contributed by atoms with Crippen molar-refractivity contribution >= 4 is 24.1 Å². The maximum absolute atomic E-state index is 13.0. The molecule has 1 amide bonds. The molecule has 12 heteroatoms. The number of oxime groups is 1. The van der Waals surface area contributed by atoms with E-state index >= 15 is 0 Å². The molecule has 2 aromatic rings. The third kappa shape index (κ3) is 3.99. The number of ether oxygens (including phenoxy) is 2. The quantitative estimate of drug-likeness (QED) is 0.122. The van der Waals surface area contributed by atoms with Crippen molar-refractivity contribution in [3.05, 3.63) is 36.5 Å². The van der Waals surface area contributed by atoms with Crippen LogP contribution < -0.4 is 10.2 Å². The van der Waals surface area contributed by atoms with E-state index in [0.717, 1.165) is 11.5 Å². The van der Waals surface area contributed by atoms with Crippen molar-refractivity contribution in [1.29, 1.82) is 0 Å². The van der Waals surface area contributed by atoms with Crippen LogP contribution in [-0.2, 0) is 19.1 Å². The number of carbonyl (C=O) groups excluding carboxylic acids is 2. The predicted octanol–water partition coefficient (Wildman–Crippen LogP) is 0.254. The molecule has 0 aromatic carbocycles. The number of nitrogens with zero attached hydrogens (tertiary/aromatic N) is 4. The first-order valence-corrected chi connectivity index (χ1v) is 9.83. The van der Waals surface area contributed by atoms with Crippen LogP contribution in [-0.4, -0.2) is 90.2 Å². The van der Waals surface area contributed by atoms with Crippen molar-refractivity contribution < 1.29 is 23.9 Å². The summed E-state index contributed by atoms with van der Waals surface area (Å²) in [7, 11) is 3.09. The van der Waals surface area contributed by atoms with Crippen LogP contribution in [0, 0.1) is 0 Å². The number of rotatable bonds is 10. The normalized spacial score (nSPS) is 24.5. The molecule has 2 saturated heterocycles. The van der Waals surface area contributed by atoms with Crippen molar-refractivity contribution in [2.75, 3.05) is 45.4 Å². The monoisotopic (exact) mass is 431 g/mol. The van der Waals surface area contributed by atoms with Crippen LogP contribution in [0.2, 0.25) is 0 Å². The highest BCUT2D eigenvalue weighted by molar-refractivity contribution is 6.01. The van der Waals surface area contributed by atoms with Gasteiger partial charge in [0, 0.05) is 25.0 Å². The number of hydrogen-bond acceptors (Lipinski definition) is 9. The van der Waals surface area contributed by atoms with Gasteiger partial charge in [0.2, 0.25) is 0 Å². The first-order chi connectivity index (χ1) is 15.1. The second-order valence-electron chi connectivity index (χ2n) is 7.40. The summed E-state index contributed by atoms with van der Waals surface area (Å²) in [6, 6.07) is 3.66. The van der Waals surface area contributed by atoms with E-state index in [1.807, 2.05) is 35.2 Å². The predicted molar refractivity (Wildman–Crippen MR) is 110 cm³/mol. The fourth-order valence-corrected chi connectivity index (χ4v) is 3.95. The fraction of sp³-hybridized carbons (Fsp3) is 0.474. The molecule has 166 valence electrons. The Labute approximate surface area is 178 Å². The molecule has 2 fully saturated rings. The molecule has 0 aliphatic carbocycles. The summed E-state index contributed by atoms with van der Waals surface area (Å²) in [6.07, 6.45) is 5.74. The number of methoxy groups -OCH3 is 1. The lowest BCUT2D eigenvalue weighted by atomic mass is 10.0. The molecule has 2 aliphatic rings. The zero-order valence-electron chi connectivity index (χ0n) is 17.3. The molecule has 0 bridgehead atoms. The number of nitrogens with one attached hydrogen (secondary N) is 3. The number of amides is 1. The van der Waals surface area contributed by atoms with Crippen LogP contribution in [0.15, 0.2) is 36.0 Å². The number of fused-ring (bicyclic) bond motifs is 1. The molecule has 12 nitrogen and oxygen atoms in total. The smallest absolute Gasteiger partial charge is 0.436 e. The molecule has 31 heavy (non-hydrogen) atoms. The molecular formula is C19H25N7O5. The first kappa shape index (κ1) is 20.9. The number of piperazine rings is 1. The molecule has 4 rings (SSSR count). The Hall–Kier alpha value is -3.38. The minimum absolute atomic E-state index is 0.0628. The first-order valence-electron chi connectivity index (χ1n) is 9.83. The van der Waals surface area contributed by atoms with E-state index in [9.17, 15) is 9.59 Å². The number of aromatic nitrogens is 3. The molecule has 0 spiro atoms. The summed E-state index contributed by atoms with van der Waals surface area (Å²) >= 11 is 0. The number of imidazole rings is 1. The van der Waals surface area contributed by atoms with Gasteiger partial charge in [-0.1, -0.05) is 5.16 Å². The van der Waals surface area contributed by atoms with Gasteiger partial charge in [0.1, 0.15) is 5.82 Å². The fourth-order valence-electron chi connectivity index (χ4n) is 3.95. The number of hydrogen-bond donors (Lipinski definition) is 3. The Kier molecular flexibility index (Phi) is 5.91. The van der Waals surface area contributed by atoms with Gasteiger partial charge in [-0.2, -0.15) is 0 Å². The number of anilines is 1. The molecule has 4 heterocycles. The topological polar surface area (TPSA) is 137 Å². The van der Waals surface area contributed by atoms with E-state index in [-0.39, 0.29) is 24.6 Å². The van der Waals surface area contributed by atoms with Crippen LogP contribution in [0.5, 0.6) is 0 Å². The SMILES string of the molecule is COC(=O)ON=CCN(C)CCOC[C@]12C(=O)NC(c3ccc[nH]3)C1N2c1cnc[nH]1. The standard InChI is InChI=1S/C19H25N7O5/c1-25(7-6-23-31-18(28)29-2)8-9-30-11-19-16(26(19)14-10-20-12-22-14)15(24-17(19)27)13-4-3-5-21-13/h3-6,10,12,15-16,21H,7-9,11H2,1-2H3,(H,20,22)(H,24,27)/t15?,16?,19-,26?/m1/s1. The lowest BCUT2D eigenvalue weighted by molar-refractivity contribution is -0.123. The van der Waals surface area contributed by atoms with Gasteiger partial charge in [-0.05, 0) is 19.2 Å². The highest BCUT2D eigenvalue weighted by atomic mass is 16.8. The van der Waals surface area contributed by atoms with Crippen LogP contribution in [0.3, 0.4) is 0 Å². The van der Waals surface area contributed by atoms with Crippen molar-refractivity contribution in [2.45, 2.75) is 17.6 Å². The molecule has 0 saturated carbocycles. The van der Waals surface area contributed by atoms with E-state index in [1.165, 1.54) is 13.3 Å². The van der Waals surface area contributed by atoms with Gasteiger partial charge in [0.05, 0.1) is 51.1 Å². The molecule has 2 aliphatic heterocycles. The highest BCUT2D eigenvalue weighted by Gasteiger charge is 2.76. The van der Waals surface area contributed by atoms with Gasteiger partial charge >= 0.3 is 6.16 Å². The average Bonchev–Trinajstić information content (AvgIpc) is 3.27. The molecule has 3 N–H and O–H groups in total. The van der Waals surface area contributed by atoms with E-state index in [0.29, 0.717) is 19.7 Å². The van der Waals surface area contributed by atoms with Gasteiger partial charge in [-0.25, -0.2) is 9.78 Å². The number of aromatic amines is 2. The Morgan fingerprint density at radius 3 is 3.03 bits per heavy atom. The van der Waals surface area contributed by atoms with E-state index in [2.05, 4.69) is 35.0 Å². The highest BCUT2D eigenvalue weighted by Crippen LogP contribution is 2.54. The molecular weight excluding hydrogens is 406 g/mol. The van der Waals surface area contributed by atoms with E-state index in [1.54, 1.807) is 12.5 Å². The van der Waals surface area contributed by atoms with E-state index in [4.69, 9.17) is 4.74 Å². The summed E-state index contributed by atoms with van der Waals surface area (Å²) in [4.78, 5) is 42.6. The summed E-state index contributed by atoms with van der Waals surface area (Å²) in [5, 5.41) is 6.60. The van der Waals surface area contributed by atoms with Crippen molar-refractivity contribution in [2.24, 2.45) is 5.16 Å². The summed E-state index contributed by atoms with van der Waals surface area (Å²) < 4.78 is 10.2. The zero-order valence-corrected chi connectivity index (χ0v) is 17.3. The van der Waals surface area contributed by atoms with Crippen LogP contribution in [0.1, 0.15) is 11.7 Å². The maximum Gasteiger partial charge on any atom is 0.534 e. The molecule has 2 aromatic heterocycles. The van der Waals surface area contributed by atoms with Gasteiger partial charge in [-0.3, -0.25) is 14.5 Å². The van der Waals surface area contributed by atoms with E-state index < -0.39 is 11.7 Å². The minimum Gasteiger partial charge on any atom is -0.436 e. The van der Waals surface area contributed by atoms with Gasteiger partial charge < -0.3 is 29.7 Å². The minimum atomic E-state index is -0.866. The number of likely N-dealkylation sites (N-methyl/N-ethyl adjacent to an activating group) is 1. The summed E-state index contributed by atoms with van der Waals surface area (Å²) in [5.41, 5.74) is 0.187. The van der Waals surface area contributed by atoms with Crippen molar-refractivity contribution in [3.8, 4) is 0 Å². The zero-order chi connectivity index (χ0) is 21.8. The Morgan fingerprint density at radius 2 is 2.32 bits per heavy atom. The lowest BCUT2D eigenvalue weighted by Gasteiger charge is -2.20. The van der Waals surface area contributed by atoms with Crippen LogP contribution in [0.25, 0.3) is 0 Å². The summed E-state index contributed by atoms with van der Waals surface area (Å²) in [5.74, 6) is 0.728. The molecule has 2 unspecified atom stereocenters. The van der Waals surface area contributed by atoms with Crippen LogP contribution in [0.4, 0.5) is 10.6 Å². The molecule has 0 radical (unpaired) electrons. The number of H-pyrrole nitrogens is 2.